The molecule has 0 saturated carbocycles. The summed E-state index contributed by atoms with van der Waals surface area (Å²) in [7, 11) is 0. The molecule has 1 fully saturated rings. The first-order chi connectivity index (χ1) is 10.3. The summed E-state index contributed by atoms with van der Waals surface area (Å²) in [5, 5.41) is 9.95. The normalized spacial score (nSPS) is 28.0. The highest BCUT2D eigenvalue weighted by Gasteiger charge is 2.36. The van der Waals surface area contributed by atoms with E-state index in [4.69, 9.17) is 9.63 Å². The van der Waals surface area contributed by atoms with Crippen molar-refractivity contribution in [2.24, 2.45) is 0 Å². The van der Waals surface area contributed by atoms with Crippen LogP contribution in [-0.2, 0) is 13.8 Å². The third kappa shape index (κ3) is 3.12. The monoisotopic (exact) mass is 347 g/mol. The van der Waals surface area contributed by atoms with Crippen molar-refractivity contribution in [3.8, 4) is 0 Å². The maximum absolute atomic E-state index is 12.3. The van der Waals surface area contributed by atoms with Gasteiger partial charge in [0.2, 0.25) is 0 Å². The predicted octanol–water partition coefficient (Wildman–Crippen LogP) is 0.191. The van der Waals surface area contributed by atoms with Gasteiger partial charge < -0.3 is 14.7 Å². The van der Waals surface area contributed by atoms with Crippen molar-refractivity contribution in [2.75, 3.05) is 6.61 Å². The molecular formula is C11H14N3O6PS. The molecule has 120 valence electrons. The van der Waals surface area contributed by atoms with Crippen LogP contribution >= 0.6 is 19.0 Å². The van der Waals surface area contributed by atoms with Gasteiger partial charge in [-0.25, -0.2) is 14.3 Å². The number of hydrogen-bond donors (Lipinski definition) is 3. The zero-order valence-corrected chi connectivity index (χ0v) is 13.0. The third-order valence-corrected chi connectivity index (χ3v) is 4.23. The van der Waals surface area contributed by atoms with Crippen LogP contribution in [0.1, 0.15) is 12.6 Å². The fourth-order valence-corrected chi connectivity index (χ4v) is 2.90. The van der Waals surface area contributed by atoms with Crippen LogP contribution in [0.4, 0.5) is 0 Å². The standard InChI is InChI=1S/C11H14N3O6PS/c15-7-5-10(20-8(7)6-19-21(17,18)22)14-3-1-9-12-2-4-13(9)11(14)16/h1-4,7-8,10,15H,5-6H2,(H2,17,18,22)/t7-,8+,10+/m0/s1. The van der Waals surface area contributed by atoms with E-state index in [2.05, 4.69) is 21.8 Å². The van der Waals surface area contributed by atoms with E-state index >= 15 is 0 Å². The Hall–Kier alpha value is -1.16. The summed E-state index contributed by atoms with van der Waals surface area (Å²) in [5.74, 6) is 0. The molecule has 2 aromatic rings. The summed E-state index contributed by atoms with van der Waals surface area (Å²) in [4.78, 5) is 25.3. The average molecular weight is 347 g/mol. The van der Waals surface area contributed by atoms with Gasteiger partial charge in [-0.1, -0.05) is 12.2 Å². The Bertz CT molecular complexity index is 785. The highest BCUT2D eigenvalue weighted by atomic mass is 32.7. The highest BCUT2D eigenvalue weighted by Crippen LogP contribution is 2.47. The van der Waals surface area contributed by atoms with Gasteiger partial charge in [0.1, 0.15) is 18.0 Å². The Morgan fingerprint density at radius 3 is 3.05 bits per heavy atom. The fourth-order valence-electron chi connectivity index (χ4n) is 2.36. The number of aliphatic hydroxyl groups excluding tert-OH is 1. The Morgan fingerprint density at radius 1 is 1.55 bits per heavy atom. The number of hydrogen-bond acceptors (Lipinski definition) is 6. The van der Waals surface area contributed by atoms with Gasteiger partial charge in [0.05, 0.1) is 12.7 Å². The Kier molecular flexibility index (Phi) is 4.15. The summed E-state index contributed by atoms with van der Waals surface area (Å²) >= 11 is 3.39. The lowest BCUT2D eigenvalue weighted by molar-refractivity contribution is -0.0416. The summed E-state index contributed by atoms with van der Waals surface area (Å²) in [6, 6.07) is 1.65. The van der Waals surface area contributed by atoms with Crippen molar-refractivity contribution in [3.05, 3.63) is 35.1 Å². The van der Waals surface area contributed by atoms with Crippen molar-refractivity contribution >= 4 is 24.7 Å². The summed E-state index contributed by atoms with van der Waals surface area (Å²) < 4.78 is 23.9. The van der Waals surface area contributed by atoms with Crippen LogP contribution in [0.2, 0.25) is 0 Å². The maximum Gasteiger partial charge on any atom is 0.383 e. The molecule has 0 amide bonds. The molecule has 0 radical (unpaired) electrons. The maximum atomic E-state index is 12.3. The van der Waals surface area contributed by atoms with Crippen molar-refractivity contribution in [2.45, 2.75) is 24.9 Å². The van der Waals surface area contributed by atoms with E-state index in [1.807, 2.05) is 0 Å². The summed E-state index contributed by atoms with van der Waals surface area (Å²) in [6.45, 7) is -4.24. The molecule has 1 unspecified atom stereocenters. The first-order valence-electron chi connectivity index (χ1n) is 6.43. The van der Waals surface area contributed by atoms with Crippen molar-refractivity contribution < 1.29 is 23.8 Å². The minimum absolute atomic E-state index is 0.163. The Balaban J connectivity index is 1.79. The number of rotatable bonds is 4. The number of nitrogens with zero attached hydrogens (tertiary/aromatic N) is 3. The van der Waals surface area contributed by atoms with Crippen molar-refractivity contribution in [3.63, 3.8) is 0 Å². The third-order valence-electron chi connectivity index (χ3n) is 3.40. The largest absolute Gasteiger partial charge is 0.390 e. The second kappa shape index (κ2) is 5.80. The number of ether oxygens (including phenoxy) is 1. The minimum Gasteiger partial charge on any atom is -0.390 e. The molecule has 0 spiro atoms. The smallest absolute Gasteiger partial charge is 0.383 e. The number of thiol groups is 1. The molecule has 2 aromatic heterocycles. The second-order valence-corrected chi connectivity index (χ2v) is 7.64. The SMILES string of the molecule is O=c1n([C@H]2C[C@H](O)[C@@H](COP(=O)(O)S)O2)ccc2nccn12. The molecule has 3 heterocycles. The van der Waals surface area contributed by atoms with E-state index < -0.39 is 25.2 Å². The van der Waals surface area contributed by atoms with Crippen LogP contribution in [0.25, 0.3) is 5.65 Å². The number of aromatic nitrogens is 3. The molecule has 3 rings (SSSR count). The highest BCUT2D eigenvalue weighted by molar-refractivity contribution is 8.44. The molecule has 1 aliphatic rings. The lowest BCUT2D eigenvalue weighted by atomic mass is 10.2. The van der Waals surface area contributed by atoms with Crippen LogP contribution < -0.4 is 5.69 Å². The van der Waals surface area contributed by atoms with Gasteiger partial charge in [-0.15, -0.1) is 0 Å². The lowest BCUT2D eigenvalue weighted by Gasteiger charge is -2.16. The molecular weight excluding hydrogens is 333 g/mol. The Labute approximate surface area is 129 Å². The average Bonchev–Trinajstić information content (AvgIpc) is 3.03. The molecule has 0 aromatic carbocycles. The fraction of sp³-hybridized carbons (Fsp3) is 0.455. The van der Waals surface area contributed by atoms with Gasteiger partial charge in [0, 0.05) is 25.0 Å². The van der Waals surface area contributed by atoms with Gasteiger partial charge in [-0.05, 0) is 6.07 Å². The molecule has 4 atom stereocenters. The number of fused-ring (bicyclic) bond motifs is 1. The topological polar surface area (TPSA) is 115 Å². The minimum atomic E-state index is -3.95. The van der Waals surface area contributed by atoms with Crippen LogP contribution in [0.3, 0.4) is 0 Å². The van der Waals surface area contributed by atoms with E-state index in [-0.39, 0.29) is 18.7 Å². The Morgan fingerprint density at radius 2 is 2.32 bits per heavy atom. The summed E-state index contributed by atoms with van der Waals surface area (Å²) in [5.41, 5.74) is 0.159. The number of aliphatic hydroxyl groups is 1. The van der Waals surface area contributed by atoms with Gasteiger partial charge in [-0.3, -0.25) is 13.5 Å². The van der Waals surface area contributed by atoms with E-state index in [9.17, 15) is 14.5 Å². The molecule has 2 N–H and O–H groups in total. The van der Waals surface area contributed by atoms with Gasteiger partial charge in [0.25, 0.3) is 0 Å². The first-order valence-corrected chi connectivity index (χ1v) is 9.16. The first kappa shape index (κ1) is 15.7. The predicted molar refractivity (Wildman–Crippen MR) is 78.7 cm³/mol. The molecule has 11 heteroatoms. The molecule has 0 aliphatic carbocycles. The van der Waals surface area contributed by atoms with Crippen LogP contribution in [0.15, 0.2) is 29.5 Å². The molecule has 1 aliphatic heterocycles. The van der Waals surface area contributed by atoms with Crippen molar-refractivity contribution in [1.29, 1.82) is 0 Å². The van der Waals surface area contributed by atoms with Gasteiger partial charge >= 0.3 is 12.5 Å². The van der Waals surface area contributed by atoms with Crippen LogP contribution in [0, 0.1) is 0 Å². The van der Waals surface area contributed by atoms with E-state index in [0.29, 0.717) is 5.65 Å². The molecule has 0 bridgehead atoms. The molecule has 22 heavy (non-hydrogen) atoms. The lowest BCUT2D eigenvalue weighted by Crippen LogP contribution is -2.29. The van der Waals surface area contributed by atoms with Crippen molar-refractivity contribution in [1.82, 2.24) is 14.0 Å². The van der Waals surface area contributed by atoms with E-state index in [1.54, 1.807) is 6.07 Å². The van der Waals surface area contributed by atoms with Gasteiger partial charge in [0.15, 0.2) is 0 Å². The quantitative estimate of drug-likeness (QED) is 0.534. The van der Waals surface area contributed by atoms with E-state index in [0.717, 1.165) is 0 Å². The van der Waals surface area contributed by atoms with Crippen LogP contribution in [0.5, 0.6) is 0 Å². The zero-order chi connectivity index (χ0) is 15.9. The molecule has 1 saturated heterocycles. The van der Waals surface area contributed by atoms with Gasteiger partial charge in [-0.2, -0.15) is 0 Å². The molecule has 9 nitrogen and oxygen atoms in total. The van der Waals surface area contributed by atoms with E-state index in [1.165, 1.54) is 27.6 Å². The van der Waals surface area contributed by atoms with Crippen LogP contribution in [-0.4, -0.2) is 42.8 Å². The second-order valence-electron chi connectivity index (χ2n) is 4.88. The zero-order valence-electron chi connectivity index (χ0n) is 11.2. The number of imidazole rings is 1. The summed E-state index contributed by atoms with van der Waals surface area (Å²) in [6.07, 6.45) is 2.30.